The lowest BCUT2D eigenvalue weighted by molar-refractivity contribution is 0.666. The molecule has 228 valence electrons. The summed E-state index contributed by atoms with van der Waals surface area (Å²) in [5.74, 6) is 1.11. The van der Waals surface area contributed by atoms with Crippen LogP contribution in [0.15, 0.2) is 138 Å². The third kappa shape index (κ3) is 4.72. The van der Waals surface area contributed by atoms with E-state index in [0.29, 0.717) is 56.6 Å². The minimum Gasteiger partial charge on any atom is -0.453 e. The third-order valence-corrected chi connectivity index (χ3v) is 8.58. The van der Waals surface area contributed by atoms with Gasteiger partial charge in [0, 0.05) is 32.7 Å². The zero-order valence-corrected chi connectivity index (χ0v) is 25.7. The number of aromatic nitrogens is 8. The van der Waals surface area contributed by atoms with Crippen molar-refractivity contribution in [2.45, 2.75) is 0 Å². The molecule has 0 aliphatic heterocycles. The highest BCUT2D eigenvalue weighted by atomic mass is 16.3. The average molecular weight is 631 g/mol. The van der Waals surface area contributed by atoms with Crippen LogP contribution in [0.5, 0.6) is 0 Å². The van der Waals surface area contributed by atoms with Gasteiger partial charge in [0.15, 0.2) is 39.8 Å². The van der Waals surface area contributed by atoms with E-state index >= 15 is 0 Å². The molecule has 0 saturated carbocycles. The Morgan fingerprint density at radius 2 is 0.898 bits per heavy atom. The summed E-state index contributed by atoms with van der Waals surface area (Å²) in [6, 6.07) is 42.1. The molecule has 12 bridgehead atoms. The zero-order chi connectivity index (χ0) is 32.3. The number of fused-ring (bicyclic) bond motifs is 15. The van der Waals surface area contributed by atoms with Gasteiger partial charge in [-0.15, -0.1) is 0 Å². The van der Waals surface area contributed by atoms with Crippen molar-refractivity contribution in [2.24, 2.45) is 0 Å². The molecule has 0 fully saturated rings. The molecule has 0 unspecified atom stereocenters. The first-order valence-corrected chi connectivity index (χ1v) is 15.8. The van der Waals surface area contributed by atoms with Gasteiger partial charge in [0.25, 0.3) is 0 Å². The highest BCUT2D eigenvalue weighted by molar-refractivity contribution is 6.06. The lowest BCUT2D eigenvalue weighted by Crippen LogP contribution is -1.96. The third-order valence-electron chi connectivity index (χ3n) is 8.58. The fourth-order valence-corrected chi connectivity index (χ4v) is 6.16. The lowest BCUT2D eigenvalue weighted by atomic mass is 10.1. The summed E-state index contributed by atoms with van der Waals surface area (Å²) in [7, 11) is 0. The second kappa shape index (κ2) is 10.8. The first kappa shape index (κ1) is 27.1. The van der Waals surface area contributed by atoms with Gasteiger partial charge in [-0.2, -0.15) is 0 Å². The Balaban J connectivity index is 1.40. The Bertz CT molecular complexity index is 2800. The molecule has 0 N–H and O–H groups in total. The molecule has 49 heavy (non-hydrogen) atoms. The van der Waals surface area contributed by atoms with Gasteiger partial charge in [-0.3, -0.25) is 0 Å². The maximum absolute atomic E-state index is 6.18. The Morgan fingerprint density at radius 3 is 1.51 bits per heavy atom. The van der Waals surface area contributed by atoms with Crippen molar-refractivity contribution >= 4 is 77.2 Å². The Morgan fingerprint density at radius 1 is 0.367 bits per heavy atom. The Labute approximate surface area is 277 Å². The summed E-state index contributed by atoms with van der Waals surface area (Å²) in [4.78, 5) is 39.2. The van der Waals surface area contributed by atoms with E-state index < -0.39 is 0 Å². The van der Waals surface area contributed by atoms with Crippen LogP contribution in [0.1, 0.15) is 0 Å². The summed E-state index contributed by atoms with van der Waals surface area (Å²) < 4.78 is 6.18. The van der Waals surface area contributed by atoms with E-state index in [9.17, 15) is 0 Å². The highest BCUT2D eigenvalue weighted by Crippen LogP contribution is 2.30. The number of rotatable bonds is 2. The molecule has 9 nitrogen and oxygen atoms in total. The van der Waals surface area contributed by atoms with Gasteiger partial charge in [0.2, 0.25) is 5.65 Å². The quantitative estimate of drug-likeness (QED) is 0.184. The minimum atomic E-state index is 0.361. The van der Waals surface area contributed by atoms with E-state index in [-0.39, 0.29) is 0 Å². The molecule has 0 spiro atoms. The van der Waals surface area contributed by atoms with Crippen LogP contribution in [0.4, 0.5) is 0 Å². The molecular weight excluding hydrogens is 608 g/mol. The summed E-state index contributed by atoms with van der Waals surface area (Å²) in [5.41, 5.74) is 5.96. The van der Waals surface area contributed by atoms with Crippen molar-refractivity contribution in [3.05, 3.63) is 134 Å². The Hall–Kier alpha value is -7.00. The smallest absolute Gasteiger partial charge is 0.201 e. The van der Waals surface area contributed by atoms with Crippen LogP contribution in [0.25, 0.3) is 100 Å². The van der Waals surface area contributed by atoms with Crippen LogP contribution in [0.2, 0.25) is 0 Å². The highest BCUT2D eigenvalue weighted by Gasteiger charge is 2.14. The SMILES string of the molecule is c1ccc(-c2nc3nc(n2)c2ccc4oc5cnc(nc5c4c2)c2nc(-c4ccccc4)nc(n2)c2cccc(c2)c2cccc3c2)cc1. The predicted molar refractivity (Wildman–Crippen MR) is 192 cm³/mol. The second-order valence-corrected chi connectivity index (χ2v) is 11.7. The van der Waals surface area contributed by atoms with Gasteiger partial charge in [0.05, 0.1) is 6.20 Å². The molecule has 9 heteroatoms. The van der Waals surface area contributed by atoms with Crippen molar-refractivity contribution in [3.63, 3.8) is 0 Å². The van der Waals surface area contributed by atoms with Crippen LogP contribution in [0, 0.1) is 0 Å². The molecule has 0 atom stereocenters. The van der Waals surface area contributed by atoms with E-state index in [1.165, 1.54) is 0 Å². The molecule has 0 aliphatic carbocycles. The normalized spacial score (nSPS) is 11.7. The number of nitrogens with zero attached hydrogens (tertiary/aromatic N) is 8. The van der Waals surface area contributed by atoms with Gasteiger partial charge in [-0.25, -0.2) is 39.9 Å². The average Bonchev–Trinajstić information content (AvgIpc) is 3.55. The molecule has 0 radical (unpaired) electrons. The van der Waals surface area contributed by atoms with E-state index in [0.717, 1.165) is 43.4 Å². The zero-order valence-electron chi connectivity index (χ0n) is 25.7. The molecule has 0 saturated heterocycles. The predicted octanol–water partition coefficient (Wildman–Crippen LogP) is 8.97. The van der Waals surface area contributed by atoms with Crippen molar-refractivity contribution in [2.75, 3.05) is 0 Å². The topological polar surface area (TPSA) is 116 Å². The molecule has 0 aliphatic rings. The maximum Gasteiger partial charge on any atom is 0.201 e. The first-order chi connectivity index (χ1) is 24.2. The van der Waals surface area contributed by atoms with Crippen molar-refractivity contribution < 1.29 is 4.42 Å². The van der Waals surface area contributed by atoms with E-state index in [2.05, 4.69) is 29.2 Å². The van der Waals surface area contributed by atoms with Gasteiger partial charge < -0.3 is 4.42 Å². The van der Waals surface area contributed by atoms with Crippen molar-refractivity contribution in [3.8, 4) is 22.8 Å². The van der Waals surface area contributed by atoms with Gasteiger partial charge in [-0.05, 0) is 41.1 Å². The fourth-order valence-electron chi connectivity index (χ4n) is 6.16. The number of furan rings is 1. The van der Waals surface area contributed by atoms with Crippen LogP contribution >= 0.6 is 0 Å². The standard InChI is InChI=1S/C40H22N8O/c1-3-9-23(10-4-1)34-43-36-27-15-7-13-25(19-27)26-14-8-16-28(20-26)37-45-35(24-11-5-2-6-12-24)47-40(48-37)39-41-22-32-33(42-39)30-21-29(38(44-34)46-36)17-18-31(30)49-32/h1-22H. The van der Waals surface area contributed by atoms with Crippen LogP contribution < -0.4 is 0 Å². The molecule has 10 aromatic rings. The summed E-state index contributed by atoms with van der Waals surface area (Å²) in [5, 5.41) is 5.29. The van der Waals surface area contributed by atoms with Gasteiger partial charge in [-0.1, -0.05) is 97.1 Å². The van der Waals surface area contributed by atoms with Gasteiger partial charge >= 0.3 is 0 Å². The van der Waals surface area contributed by atoms with Crippen molar-refractivity contribution in [1.29, 1.82) is 0 Å². The fraction of sp³-hybridized carbons (Fsp3) is 0. The number of benzene rings is 5. The molecule has 5 heterocycles. The Kier molecular flexibility index (Phi) is 5.97. The molecule has 5 aromatic heterocycles. The summed E-state index contributed by atoms with van der Waals surface area (Å²) in [6.45, 7) is 0. The van der Waals surface area contributed by atoms with Crippen molar-refractivity contribution in [1.82, 2.24) is 39.9 Å². The van der Waals surface area contributed by atoms with E-state index in [4.69, 9.17) is 39.3 Å². The van der Waals surface area contributed by atoms with Gasteiger partial charge in [0.1, 0.15) is 11.1 Å². The van der Waals surface area contributed by atoms with E-state index in [1.54, 1.807) is 6.20 Å². The molecular formula is C40H22N8O. The first-order valence-electron chi connectivity index (χ1n) is 15.8. The molecule has 0 amide bonds. The number of hydrogen-bond donors (Lipinski definition) is 0. The minimum absolute atomic E-state index is 0.361. The largest absolute Gasteiger partial charge is 0.453 e. The van der Waals surface area contributed by atoms with Crippen LogP contribution in [-0.2, 0) is 0 Å². The van der Waals surface area contributed by atoms with Crippen LogP contribution in [-0.4, -0.2) is 39.9 Å². The number of hydrogen-bond acceptors (Lipinski definition) is 9. The van der Waals surface area contributed by atoms with E-state index in [1.807, 2.05) is 103 Å². The molecule has 5 aromatic carbocycles. The maximum atomic E-state index is 6.18. The monoisotopic (exact) mass is 630 g/mol. The summed E-state index contributed by atoms with van der Waals surface area (Å²) in [6.07, 6.45) is 1.67. The van der Waals surface area contributed by atoms with Crippen LogP contribution in [0.3, 0.4) is 0 Å². The molecule has 10 rings (SSSR count). The lowest BCUT2D eigenvalue weighted by Gasteiger charge is -2.04. The second-order valence-electron chi connectivity index (χ2n) is 11.7. The summed E-state index contributed by atoms with van der Waals surface area (Å²) >= 11 is 0.